The molecule has 0 spiro atoms. The number of rotatable bonds is 3. The molecule has 1 fully saturated rings. The first-order valence-corrected chi connectivity index (χ1v) is 9.76. The lowest BCUT2D eigenvalue weighted by Crippen LogP contribution is -2.44. The zero-order valence-electron chi connectivity index (χ0n) is 14.4. The number of halogens is 1. The van der Waals surface area contributed by atoms with Gasteiger partial charge in [0.1, 0.15) is 0 Å². The molecule has 6 nitrogen and oxygen atoms in total. The number of benzene rings is 2. The summed E-state index contributed by atoms with van der Waals surface area (Å²) in [5.41, 5.74) is 1.69. The Balaban J connectivity index is 0.00000196. The van der Waals surface area contributed by atoms with Gasteiger partial charge in [0.05, 0.1) is 10.4 Å². The second kappa shape index (κ2) is 7.26. The van der Waals surface area contributed by atoms with Crippen LogP contribution in [0.1, 0.15) is 0 Å². The summed E-state index contributed by atoms with van der Waals surface area (Å²) in [5, 5.41) is 7.70. The van der Waals surface area contributed by atoms with Crippen LogP contribution in [0.3, 0.4) is 0 Å². The van der Waals surface area contributed by atoms with E-state index in [0.29, 0.717) is 10.9 Å². The summed E-state index contributed by atoms with van der Waals surface area (Å²) in [6.45, 7) is 3.86. The number of aromatic amines is 1. The van der Waals surface area contributed by atoms with Gasteiger partial charge in [0.15, 0.2) is 5.03 Å². The molecule has 1 saturated heterocycles. The lowest BCUT2D eigenvalue weighted by molar-refractivity contribution is 0.313. The highest BCUT2D eigenvalue weighted by molar-refractivity contribution is 7.91. The van der Waals surface area contributed by atoms with Crippen molar-refractivity contribution >= 4 is 38.8 Å². The van der Waals surface area contributed by atoms with Gasteiger partial charge in [-0.1, -0.05) is 18.2 Å². The molecule has 0 atom stereocenters. The molecule has 0 aliphatic carbocycles. The second-order valence-electron chi connectivity index (χ2n) is 6.36. The Labute approximate surface area is 159 Å². The molecule has 0 bridgehead atoms. The minimum atomic E-state index is -3.62. The summed E-state index contributed by atoms with van der Waals surface area (Å²) in [6.07, 6.45) is 0. The maximum atomic E-state index is 12.9. The van der Waals surface area contributed by atoms with Crippen LogP contribution in [0.15, 0.2) is 58.5 Å². The fourth-order valence-electron chi connectivity index (χ4n) is 3.16. The van der Waals surface area contributed by atoms with E-state index in [2.05, 4.69) is 27.0 Å². The molecule has 0 radical (unpaired) electrons. The smallest absolute Gasteiger partial charge is 0.223 e. The van der Waals surface area contributed by atoms with Crippen molar-refractivity contribution in [2.75, 3.05) is 38.1 Å². The predicted octanol–water partition coefficient (Wildman–Crippen LogP) is 2.57. The van der Waals surface area contributed by atoms with Gasteiger partial charge in [-0.3, -0.25) is 5.10 Å². The first-order valence-electron chi connectivity index (χ1n) is 8.27. The largest absolute Gasteiger partial charge is 0.369 e. The van der Waals surface area contributed by atoms with E-state index in [-0.39, 0.29) is 22.3 Å². The zero-order chi connectivity index (χ0) is 17.4. The fraction of sp³-hybridized carbons (Fsp3) is 0.278. The number of nitrogens with zero attached hydrogens (tertiary/aromatic N) is 3. The van der Waals surface area contributed by atoms with E-state index in [1.54, 1.807) is 30.3 Å². The maximum absolute atomic E-state index is 12.9. The standard InChI is InChI=1S/C18H20N4O2S.ClH/c1-21-9-11-22(12-10-21)14-7-8-17-16(13-14)18(20-19-17)25(23,24)15-5-3-2-4-6-15;/h2-8,13H,9-12H2,1H3,(H,19,20);1H. The van der Waals surface area contributed by atoms with E-state index in [1.807, 2.05) is 18.2 Å². The minimum Gasteiger partial charge on any atom is -0.369 e. The normalized spacial score (nSPS) is 15.8. The van der Waals surface area contributed by atoms with Crippen molar-refractivity contribution in [2.45, 2.75) is 9.92 Å². The molecule has 2 aromatic carbocycles. The molecule has 0 amide bonds. The van der Waals surface area contributed by atoms with Gasteiger partial charge in [-0.2, -0.15) is 5.10 Å². The van der Waals surface area contributed by atoms with Crippen LogP contribution in [0.4, 0.5) is 5.69 Å². The van der Waals surface area contributed by atoms with Crippen molar-refractivity contribution in [3.8, 4) is 0 Å². The fourth-order valence-corrected chi connectivity index (χ4v) is 4.53. The van der Waals surface area contributed by atoms with E-state index < -0.39 is 9.84 Å². The third-order valence-corrected chi connectivity index (χ3v) is 6.43. The molecule has 1 N–H and O–H groups in total. The first-order chi connectivity index (χ1) is 12.1. The average molecular weight is 393 g/mol. The van der Waals surface area contributed by atoms with Gasteiger partial charge < -0.3 is 9.80 Å². The van der Waals surface area contributed by atoms with Crippen molar-refractivity contribution in [3.05, 3.63) is 48.5 Å². The molecule has 8 heteroatoms. The number of anilines is 1. The quantitative estimate of drug-likeness (QED) is 0.741. The van der Waals surface area contributed by atoms with Crippen LogP contribution in [-0.2, 0) is 9.84 Å². The van der Waals surface area contributed by atoms with Gasteiger partial charge in [-0.25, -0.2) is 8.42 Å². The Morgan fingerprint density at radius 3 is 2.38 bits per heavy atom. The Bertz CT molecular complexity index is 996. The van der Waals surface area contributed by atoms with E-state index >= 15 is 0 Å². The molecule has 0 unspecified atom stereocenters. The maximum Gasteiger partial charge on any atom is 0.223 e. The van der Waals surface area contributed by atoms with Crippen molar-refractivity contribution in [1.29, 1.82) is 0 Å². The summed E-state index contributed by atoms with van der Waals surface area (Å²) in [5.74, 6) is 0. The highest BCUT2D eigenvalue weighted by Gasteiger charge is 2.24. The highest BCUT2D eigenvalue weighted by Crippen LogP contribution is 2.29. The number of aromatic nitrogens is 2. The van der Waals surface area contributed by atoms with E-state index in [4.69, 9.17) is 0 Å². The summed E-state index contributed by atoms with van der Waals surface area (Å²) in [4.78, 5) is 4.84. The Hall–Kier alpha value is -2.09. The number of piperazine rings is 1. The molecule has 1 aliphatic heterocycles. The van der Waals surface area contributed by atoms with Gasteiger partial charge in [-0.05, 0) is 37.4 Å². The topological polar surface area (TPSA) is 69.3 Å². The molecule has 26 heavy (non-hydrogen) atoms. The van der Waals surface area contributed by atoms with Gasteiger partial charge in [0.25, 0.3) is 0 Å². The first kappa shape index (κ1) is 18.7. The van der Waals surface area contributed by atoms with E-state index in [0.717, 1.165) is 31.9 Å². The van der Waals surface area contributed by atoms with Crippen LogP contribution >= 0.6 is 12.4 Å². The van der Waals surface area contributed by atoms with Crippen molar-refractivity contribution in [2.24, 2.45) is 0 Å². The molecule has 3 aromatic rings. The molecular formula is C18H21ClN4O2S. The lowest BCUT2D eigenvalue weighted by atomic mass is 10.2. The Kier molecular flexibility index (Phi) is 5.22. The van der Waals surface area contributed by atoms with Crippen LogP contribution < -0.4 is 4.90 Å². The number of likely N-dealkylation sites (N-methyl/N-ethyl adjacent to an activating group) is 1. The third-order valence-electron chi connectivity index (χ3n) is 4.69. The Morgan fingerprint density at radius 2 is 1.69 bits per heavy atom. The molecule has 138 valence electrons. The molecule has 0 saturated carbocycles. The lowest BCUT2D eigenvalue weighted by Gasteiger charge is -2.34. The zero-order valence-corrected chi connectivity index (χ0v) is 16.1. The third kappa shape index (κ3) is 3.30. The number of H-pyrrole nitrogens is 1. The van der Waals surface area contributed by atoms with E-state index in [9.17, 15) is 8.42 Å². The van der Waals surface area contributed by atoms with Crippen molar-refractivity contribution in [1.82, 2.24) is 15.1 Å². The molecule has 1 aliphatic rings. The van der Waals surface area contributed by atoms with Crippen molar-refractivity contribution < 1.29 is 8.42 Å². The van der Waals surface area contributed by atoms with Crippen LogP contribution in [0, 0.1) is 0 Å². The SMILES string of the molecule is CN1CCN(c2ccc3n[nH]c(S(=O)(=O)c4ccccc4)c3c2)CC1.Cl. The average Bonchev–Trinajstić information content (AvgIpc) is 3.07. The van der Waals surface area contributed by atoms with Gasteiger partial charge >= 0.3 is 0 Å². The van der Waals surface area contributed by atoms with Gasteiger partial charge in [-0.15, -0.1) is 12.4 Å². The van der Waals surface area contributed by atoms with Crippen LogP contribution in [0.25, 0.3) is 10.9 Å². The van der Waals surface area contributed by atoms with Crippen molar-refractivity contribution in [3.63, 3.8) is 0 Å². The molecule has 4 rings (SSSR count). The summed E-state index contributed by atoms with van der Waals surface area (Å²) in [7, 11) is -1.51. The number of hydrogen-bond acceptors (Lipinski definition) is 5. The number of nitrogens with one attached hydrogen (secondary N) is 1. The van der Waals surface area contributed by atoms with Crippen LogP contribution in [0.2, 0.25) is 0 Å². The molecular weight excluding hydrogens is 372 g/mol. The monoisotopic (exact) mass is 392 g/mol. The van der Waals surface area contributed by atoms with Gasteiger partial charge in [0.2, 0.25) is 9.84 Å². The van der Waals surface area contributed by atoms with Crippen LogP contribution in [0.5, 0.6) is 0 Å². The van der Waals surface area contributed by atoms with Crippen LogP contribution in [-0.4, -0.2) is 56.7 Å². The van der Waals surface area contributed by atoms with Gasteiger partial charge in [0, 0.05) is 37.3 Å². The highest BCUT2D eigenvalue weighted by atomic mass is 35.5. The number of sulfone groups is 1. The minimum absolute atomic E-state index is 0. The Morgan fingerprint density at radius 1 is 1.00 bits per heavy atom. The molecule has 1 aromatic heterocycles. The summed E-state index contributed by atoms with van der Waals surface area (Å²) < 4.78 is 25.9. The number of hydrogen-bond donors (Lipinski definition) is 1. The summed E-state index contributed by atoms with van der Waals surface area (Å²) in [6, 6.07) is 14.3. The van der Waals surface area contributed by atoms with E-state index in [1.165, 1.54) is 0 Å². The summed E-state index contributed by atoms with van der Waals surface area (Å²) >= 11 is 0. The number of fused-ring (bicyclic) bond motifs is 1. The second-order valence-corrected chi connectivity index (χ2v) is 8.25. The predicted molar refractivity (Wildman–Crippen MR) is 105 cm³/mol. The molecule has 2 heterocycles.